The molecule has 144 valence electrons. The van der Waals surface area contributed by atoms with Crippen LogP contribution in [-0.4, -0.2) is 29.4 Å². The van der Waals surface area contributed by atoms with Crippen LogP contribution < -0.4 is 10.1 Å². The molecule has 27 heavy (non-hydrogen) atoms. The van der Waals surface area contributed by atoms with Gasteiger partial charge in [0.05, 0.1) is 0 Å². The van der Waals surface area contributed by atoms with Crippen LogP contribution in [0, 0.1) is 0 Å². The van der Waals surface area contributed by atoms with E-state index >= 15 is 0 Å². The number of ether oxygens (including phenoxy) is 1. The van der Waals surface area contributed by atoms with E-state index in [0.717, 1.165) is 17.7 Å². The van der Waals surface area contributed by atoms with Crippen molar-refractivity contribution in [3.63, 3.8) is 0 Å². The van der Waals surface area contributed by atoms with Gasteiger partial charge in [0.25, 0.3) is 0 Å². The van der Waals surface area contributed by atoms with E-state index in [1.54, 1.807) is 24.3 Å². The Balaban J connectivity index is 1.86. The maximum absolute atomic E-state index is 12.1. The monoisotopic (exact) mass is 381 g/mol. The molecule has 2 aromatic rings. The molecule has 2 rings (SSSR count). The van der Waals surface area contributed by atoms with Gasteiger partial charge in [0.1, 0.15) is 11.8 Å². The first-order valence-corrected chi connectivity index (χ1v) is 8.14. The first-order valence-electron chi connectivity index (χ1n) is 8.14. The van der Waals surface area contributed by atoms with Crippen LogP contribution in [0.15, 0.2) is 54.6 Å². The van der Waals surface area contributed by atoms with Gasteiger partial charge in [-0.1, -0.05) is 42.5 Å². The normalized spacial score (nSPS) is 12.3. The maximum Gasteiger partial charge on any atom is 0.573 e. The van der Waals surface area contributed by atoms with Crippen LogP contribution in [0.1, 0.15) is 17.5 Å². The average molecular weight is 381 g/mol. The summed E-state index contributed by atoms with van der Waals surface area (Å²) in [6.07, 6.45) is -4.33. The van der Waals surface area contributed by atoms with Gasteiger partial charge in [-0.25, -0.2) is 4.79 Å². The van der Waals surface area contributed by atoms with E-state index in [4.69, 9.17) is 0 Å². The summed E-state index contributed by atoms with van der Waals surface area (Å²) in [6, 6.07) is 13.0. The molecule has 5 nitrogen and oxygen atoms in total. The minimum Gasteiger partial charge on any atom is -0.480 e. The molecule has 2 aromatic carbocycles. The third-order valence-corrected chi connectivity index (χ3v) is 3.71. The van der Waals surface area contributed by atoms with Crippen molar-refractivity contribution >= 4 is 11.9 Å². The Morgan fingerprint density at radius 2 is 1.63 bits per heavy atom. The number of aliphatic carboxylic acids is 1. The first-order chi connectivity index (χ1) is 12.7. The molecule has 8 heteroatoms. The number of aryl methyl sites for hydroxylation is 1. The fraction of sp³-hybridized carbons (Fsp3) is 0.263. The highest BCUT2D eigenvalue weighted by Crippen LogP contribution is 2.23. The summed E-state index contributed by atoms with van der Waals surface area (Å²) in [7, 11) is 0. The fourth-order valence-corrected chi connectivity index (χ4v) is 2.43. The number of nitrogens with one attached hydrogen (secondary N) is 1. The van der Waals surface area contributed by atoms with Gasteiger partial charge in [-0.15, -0.1) is 13.2 Å². The van der Waals surface area contributed by atoms with E-state index in [1.165, 1.54) is 12.1 Å². The Labute approximate surface area is 153 Å². The molecule has 0 aromatic heterocycles. The second kappa shape index (κ2) is 9.07. The summed E-state index contributed by atoms with van der Waals surface area (Å²) in [4.78, 5) is 23.4. The molecule has 1 amide bonds. The molecule has 0 heterocycles. The number of amides is 1. The van der Waals surface area contributed by atoms with Crippen molar-refractivity contribution < 1.29 is 32.6 Å². The summed E-state index contributed by atoms with van der Waals surface area (Å²) in [5, 5.41) is 11.7. The zero-order chi connectivity index (χ0) is 19.9. The predicted molar refractivity (Wildman–Crippen MR) is 91.2 cm³/mol. The van der Waals surface area contributed by atoms with Gasteiger partial charge in [-0.2, -0.15) is 0 Å². The maximum atomic E-state index is 12.1. The summed E-state index contributed by atoms with van der Waals surface area (Å²) in [6.45, 7) is 0. The Hall–Kier alpha value is -3.03. The molecular formula is C19H18F3NO4. The van der Waals surface area contributed by atoms with Crippen molar-refractivity contribution in [3.05, 3.63) is 65.7 Å². The lowest BCUT2D eigenvalue weighted by atomic mass is 10.1. The minimum absolute atomic E-state index is 0.0119. The van der Waals surface area contributed by atoms with E-state index < -0.39 is 24.3 Å². The average Bonchev–Trinajstić information content (AvgIpc) is 2.60. The summed E-state index contributed by atoms with van der Waals surface area (Å²) >= 11 is 0. The van der Waals surface area contributed by atoms with Gasteiger partial charge in [0.15, 0.2) is 0 Å². The number of carbonyl (C=O) groups is 2. The van der Waals surface area contributed by atoms with E-state index in [1.807, 2.05) is 6.07 Å². The summed E-state index contributed by atoms with van der Waals surface area (Å²) in [5.74, 6) is -1.93. The SMILES string of the molecule is O=C(CCc1ccc(OC(F)(F)F)cc1)NC(Cc1ccccc1)C(=O)O. The minimum atomic E-state index is -4.76. The number of carboxylic acid groups (broad SMARTS) is 1. The number of hydrogen-bond donors (Lipinski definition) is 2. The van der Waals surface area contributed by atoms with Crippen LogP contribution >= 0.6 is 0 Å². The van der Waals surface area contributed by atoms with Crippen molar-refractivity contribution in [1.29, 1.82) is 0 Å². The topological polar surface area (TPSA) is 75.6 Å². The summed E-state index contributed by atoms with van der Waals surface area (Å²) < 4.78 is 40.1. The third-order valence-electron chi connectivity index (χ3n) is 3.71. The lowest BCUT2D eigenvalue weighted by Gasteiger charge is -2.15. The molecule has 0 saturated heterocycles. The lowest BCUT2D eigenvalue weighted by molar-refractivity contribution is -0.274. The second-order valence-corrected chi connectivity index (χ2v) is 5.84. The molecule has 0 aliphatic heterocycles. The highest BCUT2D eigenvalue weighted by atomic mass is 19.4. The van der Waals surface area contributed by atoms with Crippen molar-refractivity contribution in [2.75, 3.05) is 0 Å². The van der Waals surface area contributed by atoms with Gasteiger partial charge in [0.2, 0.25) is 5.91 Å². The molecule has 0 aliphatic rings. The van der Waals surface area contributed by atoms with Gasteiger partial charge >= 0.3 is 12.3 Å². The van der Waals surface area contributed by atoms with E-state index in [-0.39, 0.29) is 25.0 Å². The van der Waals surface area contributed by atoms with Crippen molar-refractivity contribution in [1.82, 2.24) is 5.32 Å². The van der Waals surface area contributed by atoms with Gasteiger partial charge in [-0.05, 0) is 29.7 Å². The van der Waals surface area contributed by atoms with Crippen LogP contribution in [0.4, 0.5) is 13.2 Å². The fourth-order valence-electron chi connectivity index (χ4n) is 2.43. The van der Waals surface area contributed by atoms with Crippen molar-refractivity contribution in [3.8, 4) is 5.75 Å². The van der Waals surface area contributed by atoms with Gasteiger partial charge in [0, 0.05) is 12.8 Å². The molecule has 0 fully saturated rings. The van der Waals surface area contributed by atoms with Crippen LogP contribution in [-0.2, 0) is 22.4 Å². The number of hydrogen-bond acceptors (Lipinski definition) is 3. The van der Waals surface area contributed by atoms with Crippen LogP contribution in [0.2, 0.25) is 0 Å². The van der Waals surface area contributed by atoms with Crippen molar-refractivity contribution in [2.24, 2.45) is 0 Å². The van der Waals surface area contributed by atoms with Crippen molar-refractivity contribution in [2.45, 2.75) is 31.7 Å². The van der Waals surface area contributed by atoms with E-state index in [9.17, 15) is 27.9 Å². The number of carbonyl (C=O) groups excluding carboxylic acids is 1. The number of benzene rings is 2. The highest BCUT2D eigenvalue weighted by molar-refractivity contribution is 5.83. The quantitative estimate of drug-likeness (QED) is 0.736. The highest BCUT2D eigenvalue weighted by Gasteiger charge is 2.30. The van der Waals surface area contributed by atoms with Crippen LogP contribution in [0.3, 0.4) is 0 Å². The Morgan fingerprint density at radius 1 is 1.00 bits per heavy atom. The first kappa shape index (κ1) is 20.3. The van der Waals surface area contributed by atoms with Gasteiger partial charge in [-0.3, -0.25) is 4.79 Å². The lowest BCUT2D eigenvalue weighted by Crippen LogP contribution is -2.42. The second-order valence-electron chi connectivity index (χ2n) is 5.84. The number of halogens is 3. The Bertz CT molecular complexity index is 761. The molecular weight excluding hydrogens is 363 g/mol. The Morgan fingerprint density at radius 3 is 2.19 bits per heavy atom. The molecule has 0 spiro atoms. The molecule has 0 radical (unpaired) electrons. The summed E-state index contributed by atoms with van der Waals surface area (Å²) in [5.41, 5.74) is 1.42. The molecule has 0 saturated carbocycles. The Kier molecular flexibility index (Phi) is 6.81. The van der Waals surface area contributed by atoms with E-state index in [2.05, 4.69) is 10.1 Å². The van der Waals surface area contributed by atoms with E-state index in [0.29, 0.717) is 5.56 Å². The van der Waals surface area contributed by atoms with Crippen LogP contribution in [0.5, 0.6) is 5.75 Å². The number of carboxylic acids is 1. The zero-order valence-corrected chi connectivity index (χ0v) is 14.2. The zero-order valence-electron chi connectivity index (χ0n) is 14.2. The largest absolute Gasteiger partial charge is 0.573 e. The number of rotatable bonds is 8. The molecule has 0 bridgehead atoms. The molecule has 1 atom stereocenters. The number of alkyl halides is 3. The third kappa shape index (κ3) is 7.39. The predicted octanol–water partition coefficient (Wildman–Crippen LogP) is 3.33. The van der Waals surface area contributed by atoms with Gasteiger partial charge < -0.3 is 15.2 Å². The molecule has 0 aliphatic carbocycles. The van der Waals surface area contributed by atoms with Crippen LogP contribution in [0.25, 0.3) is 0 Å². The molecule has 2 N–H and O–H groups in total. The standard InChI is InChI=1S/C19H18F3NO4/c20-19(21,22)27-15-9-6-13(7-10-15)8-11-17(24)23-16(18(25)26)12-14-4-2-1-3-5-14/h1-7,9-10,16H,8,11-12H2,(H,23,24)(H,25,26). The molecule has 1 unspecified atom stereocenters. The smallest absolute Gasteiger partial charge is 0.480 e.